The Bertz CT molecular complexity index is 1720. The first kappa shape index (κ1) is 35.1. The highest BCUT2D eigenvalue weighted by Crippen LogP contribution is 2.27. The molecular formula is C36H39F2N3O5S. The summed E-state index contributed by atoms with van der Waals surface area (Å²) >= 11 is 0. The van der Waals surface area contributed by atoms with Gasteiger partial charge in [-0.3, -0.25) is 13.9 Å². The van der Waals surface area contributed by atoms with Gasteiger partial charge in [0.2, 0.25) is 11.8 Å². The minimum atomic E-state index is -4.37. The maximum Gasteiger partial charge on any atom is 0.264 e. The lowest BCUT2D eigenvalue weighted by molar-refractivity contribution is -0.140. The number of hydrogen-bond donors (Lipinski definition) is 1. The molecule has 0 unspecified atom stereocenters. The van der Waals surface area contributed by atoms with Crippen molar-refractivity contribution in [2.45, 2.75) is 44.7 Å². The Morgan fingerprint density at radius 2 is 1.40 bits per heavy atom. The Morgan fingerprint density at radius 1 is 0.809 bits per heavy atom. The van der Waals surface area contributed by atoms with Gasteiger partial charge in [0.1, 0.15) is 30.0 Å². The molecule has 8 nitrogen and oxygen atoms in total. The lowest BCUT2D eigenvalue weighted by atomic mass is 10.0. The molecule has 4 rings (SSSR count). The van der Waals surface area contributed by atoms with Gasteiger partial charge in [0.25, 0.3) is 10.0 Å². The standard InChI is InChI=1S/C36H39F2N3O5S/c1-4-46-32-18-20-33(21-19-32)47(44,45)41(31-16-14-30(38)15-17-31)25-35(42)40(24-28-10-12-29(37)13-11-28)34(36(43)39-23-26(2)3)22-27-8-6-5-7-9-27/h5-21,26,34H,4,22-25H2,1-3H3,(H,39,43)/t34-/m1/s1. The van der Waals surface area contributed by atoms with Gasteiger partial charge in [0.15, 0.2) is 0 Å². The fourth-order valence-electron chi connectivity index (χ4n) is 4.90. The molecule has 4 aromatic rings. The number of amides is 2. The molecule has 1 atom stereocenters. The summed E-state index contributed by atoms with van der Waals surface area (Å²) in [5.74, 6) is -1.55. The second kappa shape index (κ2) is 16.2. The first-order chi connectivity index (χ1) is 22.5. The van der Waals surface area contributed by atoms with Crippen molar-refractivity contribution < 1.29 is 31.5 Å². The predicted octanol–water partition coefficient (Wildman–Crippen LogP) is 5.97. The monoisotopic (exact) mass is 663 g/mol. The van der Waals surface area contributed by atoms with E-state index < -0.39 is 46.1 Å². The van der Waals surface area contributed by atoms with Crippen LogP contribution in [-0.4, -0.2) is 50.9 Å². The summed E-state index contributed by atoms with van der Waals surface area (Å²) in [5, 5.41) is 2.92. The van der Waals surface area contributed by atoms with E-state index in [-0.39, 0.29) is 29.5 Å². The molecule has 0 aliphatic rings. The SMILES string of the molecule is CCOc1ccc(S(=O)(=O)N(CC(=O)N(Cc2ccc(F)cc2)[C@H](Cc2ccccc2)C(=O)NCC(C)C)c2ccc(F)cc2)cc1. The summed E-state index contributed by atoms with van der Waals surface area (Å²) in [6.07, 6.45) is 0.139. The zero-order valence-electron chi connectivity index (χ0n) is 26.6. The molecular weight excluding hydrogens is 624 g/mol. The number of anilines is 1. The zero-order chi connectivity index (χ0) is 34.0. The van der Waals surface area contributed by atoms with Crippen LogP contribution in [0.2, 0.25) is 0 Å². The summed E-state index contributed by atoms with van der Waals surface area (Å²) in [6.45, 7) is 5.63. The number of ether oxygens (including phenoxy) is 1. The van der Waals surface area contributed by atoms with E-state index in [1.54, 1.807) is 6.92 Å². The molecule has 47 heavy (non-hydrogen) atoms. The second-order valence-electron chi connectivity index (χ2n) is 11.4. The van der Waals surface area contributed by atoms with Gasteiger partial charge < -0.3 is 15.0 Å². The Morgan fingerprint density at radius 3 is 1.98 bits per heavy atom. The maximum absolute atomic E-state index is 14.4. The number of carbonyl (C=O) groups excluding carboxylic acids is 2. The summed E-state index contributed by atoms with van der Waals surface area (Å²) < 4.78 is 62.4. The van der Waals surface area contributed by atoms with Crippen molar-refractivity contribution in [3.63, 3.8) is 0 Å². The molecule has 0 heterocycles. The lowest BCUT2D eigenvalue weighted by Crippen LogP contribution is -2.53. The molecule has 248 valence electrons. The van der Waals surface area contributed by atoms with Crippen LogP contribution in [0.4, 0.5) is 14.5 Å². The number of rotatable bonds is 15. The number of carbonyl (C=O) groups is 2. The highest BCUT2D eigenvalue weighted by molar-refractivity contribution is 7.92. The number of halogens is 2. The van der Waals surface area contributed by atoms with Crippen molar-refractivity contribution in [2.24, 2.45) is 5.92 Å². The molecule has 0 bridgehead atoms. The van der Waals surface area contributed by atoms with E-state index in [2.05, 4.69) is 5.32 Å². The van der Waals surface area contributed by atoms with E-state index in [0.29, 0.717) is 24.5 Å². The highest BCUT2D eigenvalue weighted by atomic mass is 32.2. The summed E-state index contributed by atoms with van der Waals surface area (Å²) in [4.78, 5) is 29.4. The van der Waals surface area contributed by atoms with Crippen LogP contribution >= 0.6 is 0 Å². The molecule has 0 radical (unpaired) electrons. The van der Waals surface area contributed by atoms with Gasteiger partial charge in [-0.2, -0.15) is 0 Å². The number of nitrogens with zero attached hydrogens (tertiary/aromatic N) is 2. The van der Waals surface area contributed by atoms with Gasteiger partial charge in [-0.05, 0) is 84.6 Å². The topological polar surface area (TPSA) is 96.0 Å². The van der Waals surface area contributed by atoms with Gasteiger partial charge in [-0.25, -0.2) is 17.2 Å². The fourth-order valence-corrected chi connectivity index (χ4v) is 6.31. The summed E-state index contributed by atoms with van der Waals surface area (Å²) in [5.41, 5.74) is 1.38. The number of hydrogen-bond acceptors (Lipinski definition) is 5. The van der Waals surface area contributed by atoms with Crippen LogP contribution in [0.5, 0.6) is 5.75 Å². The fraction of sp³-hybridized carbons (Fsp3) is 0.278. The van der Waals surface area contributed by atoms with Crippen molar-refractivity contribution in [3.8, 4) is 5.75 Å². The van der Waals surface area contributed by atoms with E-state index in [4.69, 9.17) is 4.74 Å². The van der Waals surface area contributed by atoms with Crippen molar-refractivity contribution in [3.05, 3.63) is 126 Å². The van der Waals surface area contributed by atoms with Crippen LogP contribution in [0.3, 0.4) is 0 Å². The number of sulfonamides is 1. The molecule has 0 aromatic heterocycles. The largest absolute Gasteiger partial charge is 0.494 e. The van der Waals surface area contributed by atoms with Crippen molar-refractivity contribution in [1.29, 1.82) is 0 Å². The van der Waals surface area contributed by atoms with Gasteiger partial charge in [0, 0.05) is 19.5 Å². The maximum atomic E-state index is 14.4. The summed E-state index contributed by atoms with van der Waals surface area (Å²) in [6, 6.07) is 24.2. The Hall–Kier alpha value is -4.77. The first-order valence-corrected chi connectivity index (χ1v) is 16.8. The molecule has 0 fully saturated rings. The minimum absolute atomic E-state index is 0.0548. The Labute approximate surface area is 275 Å². The average Bonchev–Trinajstić information content (AvgIpc) is 3.06. The third-order valence-corrected chi connectivity index (χ3v) is 9.13. The van der Waals surface area contributed by atoms with Crippen molar-refractivity contribution in [1.82, 2.24) is 10.2 Å². The second-order valence-corrected chi connectivity index (χ2v) is 13.2. The normalized spacial score (nSPS) is 12.0. The first-order valence-electron chi connectivity index (χ1n) is 15.3. The van der Waals surface area contributed by atoms with Crippen LogP contribution in [0, 0.1) is 17.6 Å². The van der Waals surface area contributed by atoms with E-state index in [0.717, 1.165) is 22.0 Å². The molecule has 2 amide bonds. The van der Waals surface area contributed by atoms with Crippen LogP contribution in [0.15, 0.2) is 108 Å². The van der Waals surface area contributed by atoms with Crippen LogP contribution in [-0.2, 0) is 32.6 Å². The van der Waals surface area contributed by atoms with E-state index in [1.165, 1.54) is 65.6 Å². The van der Waals surface area contributed by atoms with Crippen molar-refractivity contribution >= 4 is 27.5 Å². The lowest BCUT2D eigenvalue weighted by Gasteiger charge is -2.34. The molecule has 0 saturated heterocycles. The predicted molar refractivity (Wildman–Crippen MR) is 177 cm³/mol. The molecule has 1 N–H and O–H groups in total. The highest BCUT2D eigenvalue weighted by Gasteiger charge is 2.34. The van der Waals surface area contributed by atoms with E-state index in [9.17, 15) is 26.8 Å². The molecule has 0 spiro atoms. The molecule has 0 aliphatic heterocycles. The summed E-state index contributed by atoms with van der Waals surface area (Å²) in [7, 11) is -4.37. The van der Waals surface area contributed by atoms with Gasteiger partial charge in [-0.15, -0.1) is 0 Å². The smallest absolute Gasteiger partial charge is 0.264 e. The Kier molecular flexibility index (Phi) is 12.1. The Balaban J connectivity index is 1.78. The molecule has 0 saturated carbocycles. The van der Waals surface area contributed by atoms with E-state index in [1.807, 2.05) is 44.2 Å². The average molecular weight is 664 g/mol. The van der Waals surface area contributed by atoms with Crippen LogP contribution in [0.25, 0.3) is 0 Å². The van der Waals surface area contributed by atoms with Crippen LogP contribution < -0.4 is 14.4 Å². The van der Waals surface area contributed by atoms with Gasteiger partial charge >= 0.3 is 0 Å². The molecule has 4 aromatic carbocycles. The zero-order valence-corrected chi connectivity index (χ0v) is 27.4. The number of benzene rings is 4. The van der Waals surface area contributed by atoms with E-state index >= 15 is 0 Å². The van der Waals surface area contributed by atoms with Crippen molar-refractivity contribution in [2.75, 3.05) is 24.0 Å². The molecule has 0 aliphatic carbocycles. The van der Waals surface area contributed by atoms with Gasteiger partial charge in [0.05, 0.1) is 17.2 Å². The van der Waals surface area contributed by atoms with Gasteiger partial charge in [-0.1, -0.05) is 56.3 Å². The third kappa shape index (κ3) is 9.62. The van der Waals surface area contributed by atoms with Crippen LogP contribution in [0.1, 0.15) is 31.9 Å². The number of nitrogens with one attached hydrogen (secondary N) is 1. The third-order valence-electron chi connectivity index (χ3n) is 7.34. The minimum Gasteiger partial charge on any atom is -0.494 e. The quantitative estimate of drug-likeness (QED) is 0.169. The molecule has 11 heteroatoms.